The predicted octanol–water partition coefficient (Wildman–Crippen LogP) is 2.32. The highest BCUT2D eigenvalue weighted by molar-refractivity contribution is 5.55. The van der Waals surface area contributed by atoms with Crippen molar-refractivity contribution in [2.24, 2.45) is 0 Å². The van der Waals surface area contributed by atoms with Gasteiger partial charge in [0.1, 0.15) is 12.1 Å². The molecule has 1 aromatic heterocycles. The fourth-order valence-electron chi connectivity index (χ4n) is 1.46. The summed E-state index contributed by atoms with van der Waals surface area (Å²) in [6, 6.07) is 4.76. The molecule has 0 radical (unpaired) electrons. The highest BCUT2D eigenvalue weighted by Crippen LogP contribution is 2.23. The minimum Gasteiger partial charge on any atom is -0.444 e. The molecular weight excluding hydrogens is 209 g/mol. The topological polar surface area (TPSA) is 46.3 Å². The normalized spacial score (nSPS) is 10.7. The van der Waals surface area contributed by atoms with Crippen molar-refractivity contribution in [3.63, 3.8) is 0 Å². The molecule has 84 valence electrons. The Labute approximate surface area is 92.6 Å². The Morgan fingerprint density at radius 3 is 3.00 bits per heavy atom. The highest BCUT2D eigenvalue weighted by Gasteiger charge is 2.11. The van der Waals surface area contributed by atoms with Crippen LogP contribution in [0.25, 0.3) is 11.5 Å². The third kappa shape index (κ3) is 2.12. The van der Waals surface area contributed by atoms with E-state index in [1.165, 1.54) is 12.3 Å². The molecule has 0 unspecified atom stereocenters. The van der Waals surface area contributed by atoms with Crippen molar-refractivity contribution < 1.29 is 13.9 Å². The van der Waals surface area contributed by atoms with Gasteiger partial charge in [-0.15, -0.1) is 0 Å². The largest absolute Gasteiger partial charge is 0.444 e. The number of aryl methyl sites for hydroxylation is 1. The number of halogens is 1. The van der Waals surface area contributed by atoms with Gasteiger partial charge in [-0.05, 0) is 19.1 Å². The third-order valence-corrected chi connectivity index (χ3v) is 2.27. The second-order valence-corrected chi connectivity index (χ2v) is 3.60. The zero-order chi connectivity index (χ0) is 11.5. The zero-order valence-corrected chi connectivity index (χ0v) is 8.90. The van der Waals surface area contributed by atoms with Crippen LogP contribution < -0.4 is 0 Å². The van der Waals surface area contributed by atoms with Gasteiger partial charge in [0.15, 0.2) is 0 Å². The quantitative estimate of drug-likeness (QED) is 0.865. The zero-order valence-electron chi connectivity index (χ0n) is 8.90. The molecular formula is C12H12FNO2. The van der Waals surface area contributed by atoms with Crippen LogP contribution in [0, 0.1) is 12.7 Å². The summed E-state index contributed by atoms with van der Waals surface area (Å²) in [6.45, 7) is 1.88. The molecule has 4 heteroatoms. The number of hydrogen-bond donors (Lipinski definition) is 1. The third-order valence-electron chi connectivity index (χ3n) is 2.27. The maximum absolute atomic E-state index is 13.5. The van der Waals surface area contributed by atoms with Crippen molar-refractivity contribution in [1.82, 2.24) is 4.98 Å². The van der Waals surface area contributed by atoms with Crippen molar-refractivity contribution >= 4 is 0 Å². The number of aliphatic hydroxyl groups is 1. The first-order chi connectivity index (χ1) is 7.70. The van der Waals surface area contributed by atoms with Gasteiger partial charge in [-0.25, -0.2) is 9.37 Å². The maximum Gasteiger partial charge on any atom is 0.229 e. The van der Waals surface area contributed by atoms with Crippen LogP contribution in [-0.4, -0.2) is 16.7 Å². The van der Waals surface area contributed by atoms with Crippen LogP contribution in [0.5, 0.6) is 0 Å². The van der Waals surface area contributed by atoms with Crippen molar-refractivity contribution in [1.29, 1.82) is 0 Å². The van der Waals surface area contributed by atoms with E-state index in [-0.39, 0.29) is 18.3 Å². The van der Waals surface area contributed by atoms with Crippen LogP contribution in [0.4, 0.5) is 4.39 Å². The minimum atomic E-state index is -0.358. The minimum absolute atomic E-state index is 0.00225. The Kier molecular flexibility index (Phi) is 3.01. The lowest BCUT2D eigenvalue weighted by atomic mass is 10.1. The Bertz CT molecular complexity index is 494. The van der Waals surface area contributed by atoms with Gasteiger partial charge in [0, 0.05) is 13.0 Å². The van der Waals surface area contributed by atoms with E-state index >= 15 is 0 Å². The van der Waals surface area contributed by atoms with Gasteiger partial charge in [0.25, 0.3) is 0 Å². The van der Waals surface area contributed by atoms with E-state index in [4.69, 9.17) is 9.52 Å². The average Bonchev–Trinajstić information content (AvgIpc) is 2.71. The molecule has 16 heavy (non-hydrogen) atoms. The fraction of sp³-hybridized carbons (Fsp3) is 0.250. The van der Waals surface area contributed by atoms with E-state index in [0.29, 0.717) is 17.7 Å². The summed E-state index contributed by atoms with van der Waals surface area (Å²) in [5.41, 5.74) is 1.92. The number of aromatic nitrogens is 1. The molecule has 3 nitrogen and oxygen atoms in total. The number of aliphatic hydroxyl groups excluding tert-OH is 1. The summed E-state index contributed by atoms with van der Waals surface area (Å²) < 4.78 is 18.7. The lowest BCUT2D eigenvalue weighted by Crippen LogP contribution is -1.91. The molecule has 1 aromatic carbocycles. The lowest BCUT2D eigenvalue weighted by Gasteiger charge is -1.99. The van der Waals surface area contributed by atoms with Gasteiger partial charge < -0.3 is 9.52 Å². The number of hydrogen-bond acceptors (Lipinski definition) is 3. The monoisotopic (exact) mass is 221 g/mol. The number of benzene rings is 1. The average molecular weight is 221 g/mol. The summed E-state index contributed by atoms with van der Waals surface area (Å²) in [6.07, 6.45) is 1.85. The first-order valence-corrected chi connectivity index (χ1v) is 5.02. The maximum atomic E-state index is 13.5. The van der Waals surface area contributed by atoms with Gasteiger partial charge in [0.2, 0.25) is 5.89 Å². The van der Waals surface area contributed by atoms with Gasteiger partial charge in [-0.1, -0.05) is 11.6 Å². The summed E-state index contributed by atoms with van der Waals surface area (Å²) >= 11 is 0. The molecule has 1 N–H and O–H groups in total. The Hall–Kier alpha value is -1.68. The molecule has 0 saturated heterocycles. The summed E-state index contributed by atoms with van der Waals surface area (Å²) in [4.78, 5) is 4.11. The van der Waals surface area contributed by atoms with Crippen LogP contribution in [0.1, 0.15) is 11.3 Å². The second-order valence-electron chi connectivity index (χ2n) is 3.60. The number of rotatable bonds is 3. The van der Waals surface area contributed by atoms with Crippen LogP contribution in [0.3, 0.4) is 0 Å². The van der Waals surface area contributed by atoms with E-state index < -0.39 is 0 Å². The van der Waals surface area contributed by atoms with Crippen LogP contribution in [0.15, 0.2) is 28.9 Å². The Morgan fingerprint density at radius 1 is 1.44 bits per heavy atom. The first kappa shape index (κ1) is 10.8. The molecule has 0 saturated carbocycles. The number of oxazole rings is 1. The number of nitrogens with zero attached hydrogens (tertiary/aromatic N) is 1. The molecule has 0 aliphatic carbocycles. The molecule has 0 fully saturated rings. The van der Waals surface area contributed by atoms with Crippen molar-refractivity contribution in [2.45, 2.75) is 13.3 Å². The van der Waals surface area contributed by atoms with E-state index in [1.807, 2.05) is 6.92 Å². The molecule has 0 amide bonds. The molecule has 2 aromatic rings. The lowest BCUT2D eigenvalue weighted by molar-refractivity contribution is 0.298. The van der Waals surface area contributed by atoms with E-state index in [2.05, 4.69) is 4.98 Å². The van der Waals surface area contributed by atoms with E-state index in [9.17, 15) is 4.39 Å². The van der Waals surface area contributed by atoms with E-state index in [1.54, 1.807) is 12.1 Å². The molecule has 0 spiro atoms. The Morgan fingerprint density at radius 2 is 2.25 bits per heavy atom. The smallest absolute Gasteiger partial charge is 0.229 e. The molecule has 1 heterocycles. The predicted molar refractivity (Wildman–Crippen MR) is 57.4 cm³/mol. The highest BCUT2D eigenvalue weighted by atomic mass is 19.1. The van der Waals surface area contributed by atoms with Crippen LogP contribution in [0.2, 0.25) is 0 Å². The fourth-order valence-corrected chi connectivity index (χ4v) is 1.46. The molecule has 0 atom stereocenters. The van der Waals surface area contributed by atoms with Crippen LogP contribution >= 0.6 is 0 Å². The summed E-state index contributed by atoms with van der Waals surface area (Å²) in [7, 11) is 0. The standard InChI is InChI=1S/C12H12FNO2/c1-8-2-3-11(13)10(6-8)12-14-9(4-5-15)7-16-12/h2-3,6-7,15H,4-5H2,1H3. The van der Waals surface area contributed by atoms with Gasteiger partial charge in [-0.2, -0.15) is 0 Å². The molecule has 0 aliphatic rings. The first-order valence-electron chi connectivity index (χ1n) is 5.02. The second kappa shape index (κ2) is 4.45. The summed E-state index contributed by atoms with van der Waals surface area (Å²) in [5.74, 6) is -0.104. The van der Waals surface area contributed by atoms with E-state index in [0.717, 1.165) is 5.56 Å². The van der Waals surface area contributed by atoms with Crippen molar-refractivity contribution in [2.75, 3.05) is 6.61 Å². The Balaban J connectivity index is 2.38. The van der Waals surface area contributed by atoms with Crippen molar-refractivity contribution in [3.8, 4) is 11.5 Å². The molecule has 0 aliphatic heterocycles. The van der Waals surface area contributed by atoms with Crippen LogP contribution in [-0.2, 0) is 6.42 Å². The van der Waals surface area contributed by atoms with Gasteiger partial charge >= 0.3 is 0 Å². The van der Waals surface area contributed by atoms with Gasteiger partial charge in [-0.3, -0.25) is 0 Å². The summed E-state index contributed by atoms with van der Waals surface area (Å²) in [5, 5.41) is 8.74. The molecule has 0 bridgehead atoms. The van der Waals surface area contributed by atoms with Crippen molar-refractivity contribution in [3.05, 3.63) is 41.5 Å². The SMILES string of the molecule is Cc1ccc(F)c(-c2nc(CCO)co2)c1. The van der Waals surface area contributed by atoms with Gasteiger partial charge in [0.05, 0.1) is 11.3 Å². The molecule has 2 rings (SSSR count).